The molecule has 0 saturated carbocycles. The molecule has 14 heavy (non-hydrogen) atoms. The number of rotatable bonds is 3. The summed E-state index contributed by atoms with van der Waals surface area (Å²) in [5, 5.41) is 0. The number of aromatic nitrogens is 1. The summed E-state index contributed by atoms with van der Waals surface area (Å²) in [5.41, 5.74) is 1.67. The van der Waals surface area contributed by atoms with Crippen LogP contribution >= 0.6 is 0 Å². The Morgan fingerprint density at radius 3 is 3.07 bits per heavy atom. The van der Waals surface area contributed by atoms with Crippen molar-refractivity contribution in [1.29, 1.82) is 0 Å². The van der Waals surface area contributed by atoms with Crippen molar-refractivity contribution in [2.45, 2.75) is 20.3 Å². The van der Waals surface area contributed by atoms with Crippen molar-refractivity contribution >= 4 is 11.1 Å². The van der Waals surface area contributed by atoms with Gasteiger partial charge in [-0.3, -0.25) is 0 Å². The van der Waals surface area contributed by atoms with Crippen LogP contribution in [0, 0.1) is 6.92 Å². The first-order valence-corrected chi connectivity index (χ1v) is 4.79. The van der Waals surface area contributed by atoms with E-state index in [1.54, 1.807) is 0 Å². The minimum atomic E-state index is 0.688. The van der Waals surface area contributed by atoms with Crippen LogP contribution in [-0.2, 0) is 0 Å². The fourth-order valence-corrected chi connectivity index (χ4v) is 1.33. The Hall–Kier alpha value is -1.51. The maximum atomic E-state index is 5.48. The number of benzene rings is 1. The normalized spacial score (nSPS) is 10.7. The van der Waals surface area contributed by atoms with Crippen LogP contribution in [0.25, 0.3) is 11.1 Å². The first-order chi connectivity index (χ1) is 6.79. The molecule has 0 atom stereocenters. The molecule has 3 heteroatoms. The predicted octanol–water partition coefficient (Wildman–Crippen LogP) is 2.93. The molecule has 0 fully saturated rings. The van der Waals surface area contributed by atoms with Crippen molar-refractivity contribution in [2.24, 2.45) is 0 Å². The molecule has 0 amide bonds. The van der Waals surface area contributed by atoms with Gasteiger partial charge in [0.1, 0.15) is 11.3 Å². The van der Waals surface area contributed by atoms with Gasteiger partial charge >= 0.3 is 0 Å². The highest BCUT2D eigenvalue weighted by Crippen LogP contribution is 2.21. The Bertz CT molecular complexity index is 434. The average molecular weight is 191 g/mol. The molecule has 0 saturated heterocycles. The highest BCUT2D eigenvalue weighted by Gasteiger charge is 2.03. The summed E-state index contributed by atoms with van der Waals surface area (Å²) >= 11 is 0. The molecule has 1 aromatic carbocycles. The van der Waals surface area contributed by atoms with Crippen molar-refractivity contribution in [3.05, 3.63) is 24.1 Å². The number of hydrogen-bond donors (Lipinski definition) is 0. The Balaban J connectivity index is 2.31. The monoisotopic (exact) mass is 191 g/mol. The summed E-state index contributed by atoms with van der Waals surface area (Å²) in [6.45, 7) is 4.66. The predicted molar refractivity (Wildman–Crippen MR) is 54.5 cm³/mol. The third-order valence-corrected chi connectivity index (χ3v) is 1.94. The summed E-state index contributed by atoms with van der Waals surface area (Å²) in [4.78, 5) is 4.21. The number of ether oxygens (including phenoxy) is 1. The topological polar surface area (TPSA) is 35.3 Å². The molecule has 2 rings (SSSR count). The van der Waals surface area contributed by atoms with Gasteiger partial charge in [0.2, 0.25) is 0 Å². The van der Waals surface area contributed by atoms with E-state index in [1.807, 2.05) is 25.1 Å². The van der Waals surface area contributed by atoms with Crippen molar-refractivity contribution in [3.63, 3.8) is 0 Å². The van der Waals surface area contributed by atoms with E-state index in [2.05, 4.69) is 11.9 Å². The summed E-state index contributed by atoms with van der Waals surface area (Å²) in [7, 11) is 0. The van der Waals surface area contributed by atoms with E-state index in [1.165, 1.54) is 0 Å². The summed E-state index contributed by atoms with van der Waals surface area (Å²) < 4.78 is 10.9. The average Bonchev–Trinajstić information content (AvgIpc) is 2.54. The van der Waals surface area contributed by atoms with Gasteiger partial charge in [0, 0.05) is 13.0 Å². The Morgan fingerprint density at radius 1 is 1.43 bits per heavy atom. The molecule has 1 aromatic heterocycles. The molecule has 0 N–H and O–H groups in total. The first-order valence-electron chi connectivity index (χ1n) is 4.79. The second-order valence-corrected chi connectivity index (χ2v) is 3.21. The van der Waals surface area contributed by atoms with E-state index in [0.29, 0.717) is 5.89 Å². The molecular formula is C11H13NO2. The van der Waals surface area contributed by atoms with Gasteiger partial charge in [-0.25, -0.2) is 4.98 Å². The van der Waals surface area contributed by atoms with E-state index >= 15 is 0 Å². The molecule has 74 valence electrons. The summed E-state index contributed by atoms with van der Waals surface area (Å²) in [6.07, 6.45) is 1.01. The van der Waals surface area contributed by atoms with Crippen molar-refractivity contribution in [3.8, 4) is 5.75 Å². The Kier molecular flexibility index (Phi) is 2.39. The molecule has 0 radical (unpaired) electrons. The molecule has 0 bridgehead atoms. The summed E-state index contributed by atoms with van der Waals surface area (Å²) in [5.74, 6) is 1.53. The van der Waals surface area contributed by atoms with Crippen molar-refractivity contribution in [2.75, 3.05) is 6.61 Å². The Morgan fingerprint density at radius 2 is 2.29 bits per heavy atom. The van der Waals surface area contributed by atoms with E-state index in [-0.39, 0.29) is 0 Å². The van der Waals surface area contributed by atoms with E-state index in [4.69, 9.17) is 9.15 Å². The molecule has 2 aromatic rings. The van der Waals surface area contributed by atoms with E-state index in [0.717, 1.165) is 29.9 Å². The van der Waals surface area contributed by atoms with Crippen LogP contribution in [0.15, 0.2) is 22.6 Å². The van der Waals surface area contributed by atoms with Gasteiger partial charge < -0.3 is 9.15 Å². The van der Waals surface area contributed by atoms with Gasteiger partial charge in [0.25, 0.3) is 0 Å². The fourth-order valence-electron chi connectivity index (χ4n) is 1.33. The molecule has 0 spiro atoms. The van der Waals surface area contributed by atoms with Crippen molar-refractivity contribution in [1.82, 2.24) is 4.98 Å². The highest BCUT2D eigenvalue weighted by molar-refractivity contribution is 5.74. The lowest BCUT2D eigenvalue weighted by molar-refractivity contribution is 0.317. The van der Waals surface area contributed by atoms with Crippen LogP contribution in [0.5, 0.6) is 5.75 Å². The van der Waals surface area contributed by atoms with Gasteiger partial charge in [-0.1, -0.05) is 6.92 Å². The third-order valence-electron chi connectivity index (χ3n) is 1.94. The zero-order chi connectivity index (χ0) is 9.97. The molecule has 1 heterocycles. The minimum Gasteiger partial charge on any atom is -0.493 e. The number of aryl methyl sites for hydroxylation is 1. The number of hydrogen-bond acceptors (Lipinski definition) is 3. The zero-order valence-corrected chi connectivity index (χ0v) is 8.41. The van der Waals surface area contributed by atoms with Gasteiger partial charge in [-0.15, -0.1) is 0 Å². The first kappa shape index (κ1) is 9.06. The van der Waals surface area contributed by atoms with Crippen LogP contribution in [0.1, 0.15) is 19.2 Å². The number of oxazole rings is 1. The largest absolute Gasteiger partial charge is 0.493 e. The maximum absolute atomic E-state index is 5.48. The molecule has 0 aliphatic rings. The Labute approximate surface area is 82.7 Å². The lowest BCUT2D eigenvalue weighted by Crippen LogP contribution is -1.94. The van der Waals surface area contributed by atoms with Gasteiger partial charge in [-0.05, 0) is 18.6 Å². The van der Waals surface area contributed by atoms with E-state index in [9.17, 15) is 0 Å². The fraction of sp³-hybridized carbons (Fsp3) is 0.364. The lowest BCUT2D eigenvalue weighted by atomic mass is 10.3. The molecule has 3 nitrogen and oxygen atoms in total. The lowest BCUT2D eigenvalue weighted by Gasteiger charge is -2.02. The molecular weight excluding hydrogens is 178 g/mol. The van der Waals surface area contributed by atoms with Gasteiger partial charge in [-0.2, -0.15) is 0 Å². The second-order valence-electron chi connectivity index (χ2n) is 3.21. The van der Waals surface area contributed by atoms with Crippen LogP contribution in [0.3, 0.4) is 0 Å². The highest BCUT2D eigenvalue weighted by atomic mass is 16.5. The standard InChI is InChI=1S/C11H13NO2/c1-3-6-13-9-4-5-10-11(7-9)14-8(2)12-10/h4-5,7H,3,6H2,1-2H3. The van der Waals surface area contributed by atoms with Crippen LogP contribution in [-0.4, -0.2) is 11.6 Å². The molecule has 0 aliphatic carbocycles. The third kappa shape index (κ3) is 1.71. The maximum Gasteiger partial charge on any atom is 0.192 e. The second kappa shape index (κ2) is 3.70. The number of fused-ring (bicyclic) bond motifs is 1. The van der Waals surface area contributed by atoms with Crippen LogP contribution < -0.4 is 4.74 Å². The van der Waals surface area contributed by atoms with Crippen LogP contribution in [0.4, 0.5) is 0 Å². The SMILES string of the molecule is CCCOc1ccc2nc(C)oc2c1. The zero-order valence-electron chi connectivity index (χ0n) is 8.41. The molecule has 0 aliphatic heterocycles. The van der Waals surface area contributed by atoms with E-state index < -0.39 is 0 Å². The summed E-state index contributed by atoms with van der Waals surface area (Å²) in [6, 6.07) is 5.71. The number of nitrogens with zero attached hydrogens (tertiary/aromatic N) is 1. The smallest absolute Gasteiger partial charge is 0.192 e. The molecule has 0 unspecified atom stereocenters. The van der Waals surface area contributed by atoms with Crippen LogP contribution in [0.2, 0.25) is 0 Å². The van der Waals surface area contributed by atoms with Crippen molar-refractivity contribution < 1.29 is 9.15 Å². The quantitative estimate of drug-likeness (QED) is 0.748. The van der Waals surface area contributed by atoms with Gasteiger partial charge in [0.05, 0.1) is 6.61 Å². The minimum absolute atomic E-state index is 0.688. The van der Waals surface area contributed by atoms with Gasteiger partial charge in [0.15, 0.2) is 11.5 Å².